The van der Waals surface area contributed by atoms with Crippen molar-refractivity contribution in [1.29, 1.82) is 0 Å². The van der Waals surface area contributed by atoms with Crippen LogP contribution in [-0.2, 0) is 22.7 Å². The summed E-state index contributed by atoms with van der Waals surface area (Å²) in [5.74, 6) is -1.16. The molecule has 1 aromatic heterocycles. The van der Waals surface area contributed by atoms with Crippen molar-refractivity contribution in [3.05, 3.63) is 125 Å². The number of likely N-dealkylation sites (tertiary alicyclic amines) is 1. The van der Waals surface area contributed by atoms with E-state index in [1.165, 1.54) is 18.1 Å². The van der Waals surface area contributed by atoms with Crippen molar-refractivity contribution in [1.82, 2.24) is 9.88 Å². The number of aliphatic hydroxyl groups excluding tert-OH is 1. The van der Waals surface area contributed by atoms with E-state index < -0.39 is 17.7 Å². The fourth-order valence-electron chi connectivity index (χ4n) is 4.74. The van der Waals surface area contributed by atoms with Gasteiger partial charge < -0.3 is 24.6 Å². The van der Waals surface area contributed by atoms with Gasteiger partial charge in [-0.2, -0.15) is 0 Å². The number of benzene rings is 3. The third-order valence-electron chi connectivity index (χ3n) is 6.95. The van der Waals surface area contributed by atoms with E-state index >= 15 is 0 Å². The first-order valence-electron chi connectivity index (χ1n) is 12.7. The zero-order chi connectivity index (χ0) is 28.2. The Balaban J connectivity index is 1.51. The maximum absolute atomic E-state index is 13.4. The molecule has 4 aromatic rings. The van der Waals surface area contributed by atoms with Crippen molar-refractivity contribution >= 4 is 17.4 Å². The summed E-state index contributed by atoms with van der Waals surface area (Å²) >= 11 is 0. The Morgan fingerprint density at radius 3 is 2.40 bits per heavy atom. The molecule has 1 atom stereocenters. The van der Waals surface area contributed by atoms with Crippen LogP contribution in [0.4, 0.5) is 0 Å². The summed E-state index contributed by atoms with van der Waals surface area (Å²) in [6, 6.07) is 21.8. The predicted molar refractivity (Wildman–Crippen MR) is 149 cm³/mol. The maximum Gasteiger partial charge on any atom is 0.295 e. The average molecular weight is 537 g/mol. The van der Waals surface area contributed by atoms with Crippen LogP contribution in [0.2, 0.25) is 0 Å². The van der Waals surface area contributed by atoms with Crippen LogP contribution >= 0.6 is 0 Å². The number of aryl methyl sites for hydroxylation is 1. The number of nitrogens with zero attached hydrogens (tertiary/aromatic N) is 2. The number of ketones is 1. The molecule has 1 aliphatic heterocycles. The molecule has 0 saturated carbocycles. The number of ether oxygens (including phenoxy) is 2. The molecule has 202 valence electrons. The molecule has 8 heteroatoms. The molecule has 5 rings (SSSR count). The molecule has 0 radical (unpaired) electrons. The Hall–Kier alpha value is -5.11. The van der Waals surface area contributed by atoms with Crippen LogP contribution in [0.15, 0.2) is 96.8 Å². The lowest BCUT2D eigenvalue weighted by Gasteiger charge is -2.26. The number of phenols is 1. The molecule has 1 saturated heterocycles. The highest BCUT2D eigenvalue weighted by molar-refractivity contribution is 6.46. The van der Waals surface area contributed by atoms with E-state index in [0.717, 1.165) is 16.7 Å². The molecule has 0 spiro atoms. The van der Waals surface area contributed by atoms with Gasteiger partial charge in [0, 0.05) is 24.5 Å². The summed E-state index contributed by atoms with van der Waals surface area (Å²) in [4.78, 5) is 32.0. The number of aromatic hydroxyl groups is 1. The van der Waals surface area contributed by atoms with Gasteiger partial charge in [-0.05, 0) is 77.7 Å². The van der Waals surface area contributed by atoms with Gasteiger partial charge in [0.25, 0.3) is 11.7 Å². The first kappa shape index (κ1) is 26.5. The van der Waals surface area contributed by atoms with E-state index in [0.29, 0.717) is 23.5 Å². The van der Waals surface area contributed by atoms with Gasteiger partial charge in [-0.25, -0.2) is 0 Å². The molecule has 1 amide bonds. The van der Waals surface area contributed by atoms with E-state index in [-0.39, 0.29) is 29.4 Å². The van der Waals surface area contributed by atoms with Gasteiger partial charge in [-0.3, -0.25) is 14.6 Å². The smallest absolute Gasteiger partial charge is 0.295 e. The number of amides is 1. The second kappa shape index (κ2) is 11.3. The Labute approximate surface area is 231 Å². The lowest BCUT2D eigenvalue weighted by atomic mass is 9.94. The van der Waals surface area contributed by atoms with E-state index in [1.54, 1.807) is 60.9 Å². The van der Waals surface area contributed by atoms with E-state index in [1.807, 2.05) is 31.2 Å². The van der Waals surface area contributed by atoms with Gasteiger partial charge in [0.2, 0.25) is 0 Å². The minimum atomic E-state index is -0.917. The van der Waals surface area contributed by atoms with Gasteiger partial charge in [0.15, 0.2) is 11.5 Å². The van der Waals surface area contributed by atoms with Gasteiger partial charge in [-0.1, -0.05) is 30.3 Å². The highest BCUT2D eigenvalue weighted by Gasteiger charge is 2.46. The van der Waals surface area contributed by atoms with Gasteiger partial charge in [0.05, 0.1) is 18.7 Å². The largest absolute Gasteiger partial charge is 0.507 e. The molecule has 3 aromatic carbocycles. The first-order valence-corrected chi connectivity index (χ1v) is 12.7. The first-order chi connectivity index (χ1) is 19.4. The topological polar surface area (TPSA) is 109 Å². The average Bonchev–Trinajstić information content (AvgIpc) is 3.22. The maximum atomic E-state index is 13.4. The van der Waals surface area contributed by atoms with E-state index in [2.05, 4.69) is 4.98 Å². The molecule has 0 bridgehead atoms. The zero-order valence-electron chi connectivity index (χ0n) is 22.1. The summed E-state index contributed by atoms with van der Waals surface area (Å²) < 4.78 is 11.2. The third-order valence-corrected chi connectivity index (χ3v) is 6.95. The van der Waals surface area contributed by atoms with Crippen LogP contribution in [-0.4, -0.2) is 38.9 Å². The van der Waals surface area contributed by atoms with Crippen LogP contribution in [0.25, 0.3) is 5.76 Å². The molecule has 2 heterocycles. The minimum Gasteiger partial charge on any atom is -0.507 e. The summed E-state index contributed by atoms with van der Waals surface area (Å²) in [7, 11) is 1.41. The highest BCUT2D eigenvalue weighted by Crippen LogP contribution is 2.42. The van der Waals surface area contributed by atoms with Gasteiger partial charge in [-0.15, -0.1) is 0 Å². The van der Waals surface area contributed by atoms with Crippen LogP contribution in [0.1, 0.15) is 33.9 Å². The van der Waals surface area contributed by atoms with Crippen LogP contribution in [0, 0.1) is 6.92 Å². The van der Waals surface area contributed by atoms with Crippen LogP contribution < -0.4 is 9.47 Å². The number of carbonyl (C=O) groups excluding carboxylic acids is 2. The monoisotopic (exact) mass is 536 g/mol. The van der Waals surface area contributed by atoms with E-state index in [4.69, 9.17) is 9.47 Å². The van der Waals surface area contributed by atoms with Gasteiger partial charge in [0.1, 0.15) is 18.1 Å². The molecule has 40 heavy (non-hydrogen) atoms. The number of rotatable bonds is 8. The number of methoxy groups -OCH3 is 1. The zero-order valence-corrected chi connectivity index (χ0v) is 22.1. The van der Waals surface area contributed by atoms with Crippen LogP contribution in [0.3, 0.4) is 0 Å². The van der Waals surface area contributed by atoms with E-state index in [9.17, 15) is 19.8 Å². The Kier molecular flexibility index (Phi) is 7.50. The van der Waals surface area contributed by atoms with Gasteiger partial charge >= 0.3 is 0 Å². The number of phenolic OH excluding ortho intramolecular Hbond substituents is 1. The second-order valence-corrected chi connectivity index (χ2v) is 9.45. The molecular formula is C32H28N2O6. The third kappa shape index (κ3) is 5.24. The number of aromatic nitrogens is 1. The lowest BCUT2D eigenvalue weighted by molar-refractivity contribution is -0.140. The van der Waals surface area contributed by atoms with Crippen LogP contribution in [0.5, 0.6) is 17.2 Å². The van der Waals surface area contributed by atoms with Crippen molar-refractivity contribution in [2.45, 2.75) is 26.1 Å². The molecule has 1 fully saturated rings. The Morgan fingerprint density at radius 2 is 1.70 bits per heavy atom. The molecule has 8 nitrogen and oxygen atoms in total. The molecule has 1 aliphatic rings. The number of Topliss-reactive ketones (excluding diaryl/α,β-unsaturated/α-hetero) is 1. The lowest BCUT2D eigenvalue weighted by Crippen LogP contribution is -2.29. The number of hydrogen-bond acceptors (Lipinski definition) is 7. The highest BCUT2D eigenvalue weighted by atomic mass is 16.5. The molecule has 0 aliphatic carbocycles. The standard InChI is InChI=1S/C32H28N2O6/c1-20-5-3-4-6-24(20)19-40-25-10-7-22(8-11-25)30(36)28-29(23-9-12-26(35)27(17-23)39-2)34(32(38)31(28)37)18-21-13-15-33-16-14-21/h3-17,29,35-36H,18-19H2,1-2H3/b30-28+/t29-/m1/s1. The number of aliphatic hydroxyl groups is 1. The van der Waals surface area contributed by atoms with Crippen molar-refractivity contribution < 1.29 is 29.3 Å². The predicted octanol–water partition coefficient (Wildman–Crippen LogP) is 5.31. The minimum absolute atomic E-state index is 0.0552. The summed E-state index contributed by atoms with van der Waals surface area (Å²) in [6.07, 6.45) is 3.21. The second-order valence-electron chi connectivity index (χ2n) is 9.45. The van der Waals surface area contributed by atoms with Crippen molar-refractivity contribution in [2.75, 3.05) is 7.11 Å². The molecule has 2 N–H and O–H groups in total. The Morgan fingerprint density at radius 1 is 0.975 bits per heavy atom. The number of hydrogen-bond donors (Lipinski definition) is 2. The van der Waals surface area contributed by atoms with Crippen molar-refractivity contribution in [3.8, 4) is 17.2 Å². The summed E-state index contributed by atoms with van der Waals surface area (Å²) in [5, 5.41) is 21.5. The fraction of sp³-hybridized carbons (Fsp3) is 0.156. The number of carbonyl (C=O) groups is 2. The summed E-state index contributed by atoms with van der Waals surface area (Å²) in [6.45, 7) is 2.52. The molecular weight excluding hydrogens is 508 g/mol. The molecule has 0 unspecified atom stereocenters. The normalized spacial score (nSPS) is 16.2. The van der Waals surface area contributed by atoms with Crippen molar-refractivity contribution in [2.24, 2.45) is 0 Å². The SMILES string of the molecule is COc1cc([C@@H]2/C(=C(\O)c3ccc(OCc4ccccc4C)cc3)C(=O)C(=O)N2Cc2ccncc2)ccc1O. The fourth-order valence-corrected chi connectivity index (χ4v) is 4.74. The Bertz CT molecular complexity index is 1580. The number of pyridine rings is 1. The quantitative estimate of drug-likeness (QED) is 0.179. The summed E-state index contributed by atoms with van der Waals surface area (Å²) in [5.41, 5.74) is 3.76. The van der Waals surface area contributed by atoms with Crippen molar-refractivity contribution in [3.63, 3.8) is 0 Å².